The number of aromatic amines is 1. The number of H-pyrrole nitrogens is 1. The number of nitrogen functional groups attached to an aromatic ring is 1. The van der Waals surface area contributed by atoms with E-state index in [0.29, 0.717) is 0 Å². The molecule has 4 rings (SSSR count). The Bertz CT molecular complexity index is 1140. The second kappa shape index (κ2) is 6.82. The molecule has 0 aromatic carbocycles. The Morgan fingerprint density at radius 1 is 1.48 bits per heavy atom. The molecule has 2 fully saturated rings. The van der Waals surface area contributed by atoms with Crippen LogP contribution in [0.15, 0.2) is 22.4 Å². The summed E-state index contributed by atoms with van der Waals surface area (Å²) >= 11 is 0. The number of hydrogen-bond acceptors (Lipinski definition) is 9. The van der Waals surface area contributed by atoms with Crippen LogP contribution in [0.4, 0.5) is 5.95 Å². The summed E-state index contributed by atoms with van der Waals surface area (Å²) < 4.78 is 20.8. The van der Waals surface area contributed by atoms with Crippen LogP contribution in [0.1, 0.15) is 20.1 Å². The number of anilines is 1. The van der Waals surface area contributed by atoms with Crippen LogP contribution in [0.2, 0.25) is 0 Å². The van der Waals surface area contributed by atoms with Crippen molar-refractivity contribution in [1.82, 2.24) is 19.1 Å². The lowest BCUT2D eigenvalue weighted by Crippen LogP contribution is -2.35. The highest BCUT2D eigenvalue weighted by atomic mass is 16.8. The average Bonchev–Trinajstić information content (AvgIpc) is 3.23. The third-order valence-corrected chi connectivity index (χ3v) is 4.87. The van der Waals surface area contributed by atoms with E-state index in [2.05, 4.69) is 21.5 Å². The number of hydrogen-bond donors (Lipinski definition) is 3. The minimum absolute atomic E-state index is 0.104. The van der Waals surface area contributed by atoms with E-state index >= 15 is 0 Å². The minimum atomic E-state index is -0.901. The lowest BCUT2D eigenvalue weighted by atomic mass is 10.1. The molecule has 0 unspecified atom stereocenters. The summed E-state index contributed by atoms with van der Waals surface area (Å²) in [5.74, 6) is -1.01. The highest BCUT2D eigenvalue weighted by Crippen LogP contribution is 2.43. The molecular formula is C17H21N7O5. The van der Waals surface area contributed by atoms with Crippen LogP contribution in [0, 0.1) is 11.5 Å². The monoisotopic (exact) mass is 403 g/mol. The molecule has 154 valence electrons. The maximum atomic E-state index is 12.6. The fourth-order valence-corrected chi connectivity index (χ4v) is 3.92. The molecule has 0 amide bonds. The van der Waals surface area contributed by atoms with Gasteiger partial charge in [0.2, 0.25) is 17.8 Å². The summed E-state index contributed by atoms with van der Waals surface area (Å²) in [6.45, 7) is 7.09. The first-order valence-corrected chi connectivity index (χ1v) is 8.97. The highest BCUT2D eigenvalue weighted by Gasteiger charge is 2.56. The van der Waals surface area contributed by atoms with Crippen LogP contribution in [0.25, 0.3) is 11.2 Å². The van der Waals surface area contributed by atoms with E-state index < -0.39 is 35.9 Å². The van der Waals surface area contributed by atoms with Gasteiger partial charge in [0.05, 0.1) is 6.61 Å². The number of nitriles is 1. The number of nitrogens with one attached hydrogen (secondary N) is 1. The van der Waals surface area contributed by atoms with E-state index in [4.69, 9.17) is 19.9 Å². The first-order chi connectivity index (χ1) is 13.8. The summed E-state index contributed by atoms with van der Waals surface area (Å²) in [6, 6.07) is 0. The van der Waals surface area contributed by atoms with Gasteiger partial charge in [0, 0.05) is 6.54 Å². The van der Waals surface area contributed by atoms with Crippen LogP contribution in [0.3, 0.4) is 0 Å². The topological polar surface area (TPSA) is 166 Å². The second-order valence-corrected chi connectivity index (χ2v) is 7.22. The maximum absolute atomic E-state index is 12.6. The Labute approximate surface area is 164 Å². The zero-order chi connectivity index (χ0) is 20.9. The molecule has 12 nitrogen and oxygen atoms in total. The summed E-state index contributed by atoms with van der Waals surface area (Å²) in [6.07, 6.45) is 0.570. The Hall–Kier alpha value is -2.98. The number of aliphatic hydroxyl groups excluding tert-OH is 1. The van der Waals surface area contributed by atoms with Crippen LogP contribution in [-0.2, 0) is 20.8 Å². The number of nitrogens with two attached hydrogens (primary N) is 1. The van der Waals surface area contributed by atoms with Crippen molar-refractivity contribution < 1.29 is 19.3 Å². The Morgan fingerprint density at radius 2 is 2.21 bits per heavy atom. The van der Waals surface area contributed by atoms with Gasteiger partial charge in [-0.3, -0.25) is 18.9 Å². The number of nitrogens with zero attached hydrogens (tertiary/aromatic N) is 5. The predicted octanol–water partition coefficient (Wildman–Crippen LogP) is -0.914. The van der Waals surface area contributed by atoms with E-state index in [1.165, 1.54) is 9.13 Å². The molecule has 2 aromatic heterocycles. The zero-order valence-corrected chi connectivity index (χ0v) is 15.9. The number of aliphatic hydroxyl groups is 1. The van der Waals surface area contributed by atoms with Crippen molar-refractivity contribution in [1.29, 1.82) is 5.26 Å². The standard InChI is InChI=1S/C17H21N7O5/c1-4-5-23-9-12(21-15(19)22-13(9)26)24(16(23)20-7-18)14-11-10(8(6-25)27-14)28-17(2,3)29-11/h4,8,10-11,14,25H,1,5-6H2,2-3H3,(H3,19,21,22,26)/t8-,10-,11-,14-/m1/s1. The zero-order valence-electron chi connectivity index (χ0n) is 15.9. The molecule has 4 heterocycles. The van der Waals surface area contributed by atoms with Gasteiger partial charge in [-0.15, -0.1) is 11.6 Å². The van der Waals surface area contributed by atoms with Crippen molar-refractivity contribution in [3.63, 3.8) is 0 Å². The van der Waals surface area contributed by atoms with Crippen LogP contribution >= 0.6 is 0 Å². The van der Waals surface area contributed by atoms with Crippen molar-refractivity contribution in [3.8, 4) is 6.19 Å². The van der Waals surface area contributed by atoms with Crippen LogP contribution < -0.4 is 16.9 Å². The summed E-state index contributed by atoms with van der Waals surface area (Å²) in [5, 5.41) is 19.0. The third kappa shape index (κ3) is 2.95. The number of aromatic nitrogens is 4. The van der Waals surface area contributed by atoms with Crippen molar-refractivity contribution in [2.75, 3.05) is 12.3 Å². The fraction of sp³-hybridized carbons (Fsp3) is 0.529. The number of ether oxygens (including phenoxy) is 3. The van der Waals surface area contributed by atoms with Gasteiger partial charge in [-0.25, -0.2) is 0 Å². The van der Waals surface area contributed by atoms with Gasteiger partial charge >= 0.3 is 0 Å². The first-order valence-electron chi connectivity index (χ1n) is 8.97. The van der Waals surface area contributed by atoms with Crippen LogP contribution in [0.5, 0.6) is 0 Å². The SMILES string of the molecule is C=CCn1c(=NC#N)n([C@@H]2O[C@H](CO)[C@H]3OC(C)(C)O[C@H]32)c2nc(N)[nH]c(=O)c21. The van der Waals surface area contributed by atoms with E-state index in [1.54, 1.807) is 26.1 Å². The van der Waals surface area contributed by atoms with E-state index in [9.17, 15) is 15.2 Å². The summed E-state index contributed by atoms with van der Waals surface area (Å²) in [5.41, 5.74) is 5.69. The molecule has 0 aliphatic carbocycles. The maximum Gasteiger partial charge on any atom is 0.278 e. The van der Waals surface area contributed by atoms with Gasteiger partial charge in [0.15, 0.2) is 23.2 Å². The molecule has 4 atom stereocenters. The van der Waals surface area contributed by atoms with Gasteiger partial charge in [-0.1, -0.05) is 6.08 Å². The van der Waals surface area contributed by atoms with Crippen LogP contribution in [-0.4, -0.2) is 54.9 Å². The number of fused-ring (bicyclic) bond motifs is 2. The van der Waals surface area contributed by atoms with Gasteiger partial charge < -0.3 is 25.1 Å². The largest absolute Gasteiger partial charge is 0.394 e. The number of allylic oxidation sites excluding steroid dienone is 1. The van der Waals surface area contributed by atoms with E-state index in [1.807, 2.05) is 0 Å². The molecule has 2 aromatic rings. The molecule has 29 heavy (non-hydrogen) atoms. The van der Waals surface area contributed by atoms with Crippen molar-refractivity contribution in [2.45, 2.75) is 50.7 Å². The van der Waals surface area contributed by atoms with Gasteiger partial charge in [-0.05, 0) is 13.8 Å². The minimum Gasteiger partial charge on any atom is -0.394 e. The molecule has 2 aliphatic rings. The molecule has 12 heteroatoms. The summed E-state index contributed by atoms with van der Waals surface area (Å²) in [7, 11) is 0. The second-order valence-electron chi connectivity index (χ2n) is 7.22. The van der Waals surface area contributed by atoms with Crippen molar-refractivity contribution in [2.24, 2.45) is 4.99 Å². The molecular weight excluding hydrogens is 382 g/mol. The van der Waals surface area contributed by atoms with Crippen molar-refractivity contribution >= 4 is 17.1 Å². The molecule has 0 spiro atoms. The lowest BCUT2D eigenvalue weighted by molar-refractivity contribution is -0.200. The molecule has 2 saturated heterocycles. The normalized spacial score (nSPS) is 28.6. The smallest absolute Gasteiger partial charge is 0.278 e. The Kier molecular flexibility index (Phi) is 4.55. The lowest BCUT2D eigenvalue weighted by Gasteiger charge is -2.24. The van der Waals surface area contributed by atoms with Crippen molar-refractivity contribution in [3.05, 3.63) is 28.6 Å². The first kappa shape index (κ1) is 19.3. The Balaban J connectivity index is 2.02. The number of rotatable bonds is 4. The number of imidazole rings is 1. The molecule has 2 aliphatic heterocycles. The van der Waals surface area contributed by atoms with Gasteiger partial charge in [-0.2, -0.15) is 10.2 Å². The quantitative estimate of drug-likeness (QED) is 0.436. The predicted molar refractivity (Wildman–Crippen MR) is 98.9 cm³/mol. The fourth-order valence-electron chi connectivity index (χ4n) is 3.92. The molecule has 0 radical (unpaired) electrons. The molecule has 0 saturated carbocycles. The average molecular weight is 403 g/mol. The highest BCUT2D eigenvalue weighted by molar-refractivity contribution is 5.71. The van der Waals surface area contributed by atoms with E-state index in [0.717, 1.165) is 0 Å². The van der Waals surface area contributed by atoms with E-state index in [-0.39, 0.29) is 35.9 Å². The molecule has 4 N–H and O–H groups in total. The third-order valence-electron chi connectivity index (χ3n) is 4.87. The van der Waals surface area contributed by atoms with Gasteiger partial charge in [0.1, 0.15) is 18.3 Å². The Morgan fingerprint density at radius 3 is 2.86 bits per heavy atom. The summed E-state index contributed by atoms with van der Waals surface area (Å²) in [4.78, 5) is 23.2. The molecule has 0 bridgehead atoms. The van der Waals surface area contributed by atoms with Gasteiger partial charge in [0.25, 0.3) is 5.56 Å².